The lowest BCUT2D eigenvalue weighted by Crippen LogP contribution is -2.39. The number of anilines is 1. The van der Waals surface area contributed by atoms with Crippen molar-refractivity contribution in [2.45, 2.75) is 65.8 Å². The Hall–Kier alpha value is -2.49. The second kappa shape index (κ2) is 10.5. The minimum Gasteiger partial charge on any atom is -0.491 e. The quantitative estimate of drug-likeness (QED) is 0.444. The van der Waals surface area contributed by atoms with Gasteiger partial charge in [0.15, 0.2) is 23.5 Å². The maximum atomic E-state index is 14.8. The van der Waals surface area contributed by atoms with Gasteiger partial charge in [0.25, 0.3) is 0 Å². The van der Waals surface area contributed by atoms with Crippen molar-refractivity contribution < 1.29 is 33.3 Å². The Morgan fingerprint density at radius 2 is 1.78 bits per heavy atom. The molecule has 36 heavy (non-hydrogen) atoms. The van der Waals surface area contributed by atoms with Crippen LogP contribution >= 0.6 is 11.6 Å². The summed E-state index contributed by atoms with van der Waals surface area (Å²) < 4.78 is 40.3. The fraction of sp³-hybridized carbons (Fsp3) is 0.538. The molecule has 0 aliphatic carbocycles. The van der Waals surface area contributed by atoms with Crippen molar-refractivity contribution in [2.75, 3.05) is 25.1 Å². The third kappa shape index (κ3) is 5.90. The molecule has 198 valence electrons. The van der Waals surface area contributed by atoms with Crippen molar-refractivity contribution in [2.24, 2.45) is 5.41 Å². The number of aromatic nitrogens is 1. The van der Waals surface area contributed by atoms with Crippen LogP contribution in [0.1, 0.15) is 64.8 Å². The predicted molar refractivity (Wildman–Crippen MR) is 134 cm³/mol. The molecule has 1 aromatic heterocycles. The summed E-state index contributed by atoms with van der Waals surface area (Å²) in [7, 11) is 1.16. The van der Waals surface area contributed by atoms with E-state index in [0.29, 0.717) is 18.8 Å². The second-order valence-electron chi connectivity index (χ2n) is 10.7. The number of hydrogen-bond acceptors (Lipinski definition) is 6. The summed E-state index contributed by atoms with van der Waals surface area (Å²) in [4.78, 5) is 18.6. The fourth-order valence-electron chi connectivity index (χ4n) is 4.40. The summed E-state index contributed by atoms with van der Waals surface area (Å²) in [5.74, 6) is -3.73. The summed E-state index contributed by atoms with van der Waals surface area (Å²) in [5.41, 5.74) is -0.0761. The van der Waals surface area contributed by atoms with Gasteiger partial charge in [-0.25, -0.2) is 18.6 Å². The number of aliphatic hydroxyl groups is 1. The highest BCUT2D eigenvalue weighted by Gasteiger charge is 2.37. The molecule has 0 radical (unpaired) electrons. The Morgan fingerprint density at radius 3 is 2.22 bits per heavy atom. The Kier molecular flexibility index (Phi) is 8.17. The number of aliphatic hydroxyl groups excluding tert-OH is 1. The number of benzene rings is 1. The average molecular weight is 527 g/mol. The molecule has 2 aromatic rings. The summed E-state index contributed by atoms with van der Waals surface area (Å²) in [6, 6.07) is 2.15. The number of halogens is 3. The van der Waals surface area contributed by atoms with Crippen LogP contribution in [0.3, 0.4) is 0 Å². The van der Waals surface area contributed by atoms with Crippen molar-refractivity contribution in [3.8, 4) is 16.9 Å². The normalized spacial score (nSPS) is 16.7. The van der Waals surface area contributed by atoms with Gasteiger partial charge in [0.1, 0.15) is 5.15 Å². The van der Waals surface area contributed by atoms with Crippen LogP contribution in [-0.4, -0.2) is 47.0 Å². The highest BCUT2D eigenvalue weighted by molar-refractivity contribution is 6.31. The largest absolute Gasteiger partial charge is 0.491 e. The standard InChI is InChI=1S/C26H33ClF2N2O5/c1-25(2,3)36-22(24(33)34)19-20(31-9-7-26(4,5)8-10-31)18(17(13-32)30-23(19)27)14-11-15(28)21(35-6)16(29)12-14/h11-12,22,32H,7-10,13H2,1-6H3,(H,33,34). The average Bonchev–Trinajstić information content (AvgIpc) is 2.76. The first-order valence-electron chi connectivity index (χ1n) is 11.7. The SMILES string of the molecule is COc1c(F)cc(-c2c(CO)nc(Cl)c(C(OC(C)(C)C)C(=O)O)c2N2CCC(C)(C)CC2)cc1F. The minimum atomic E-state index is -1.52. The first-order chi connectivity index (χ1) is 16.7. The Balaban J connectivity index is 2.40. The molecule has 3 rings (SSSR count). The van der Waals surface area contributed by atoms with Crippen molar-refractivity contribution in [3.05, 3.63) is 40.2 Å². The van der Waals surface area contributed by atoms with Crippen LogP contribution in [0.2, 0.25) is 5.15 Å². The van der Waals surface area contributed by atoms with Gasteiger partial charge in [-0.15, -0.1) is 0 Å². The molecule has 1 saturated heterocycles. The molecule has 1 aromatic carbocycles. The van der Waals surface area contributed by atoms with E-state index in [-0.39, 0.29) is 33.0 Å². The molecule has 0 spiro atoms. The number of hydrogen-bond donors (Lipinski definition) is 2. The van der Waals surface area contributed by atoms with Gasteiger partial charge in [0, 0.05) is 18.7 Å². The zero-order chi connectivity index (χ0) is 27.0. The smallest absolute Gasteiger partial charge is 0.337 e. The van der Waals surface area contributed by atoms with Crippen molar-refractivity contribution in [3.63, 3.8) is 0 Å². The zero-order valence-electron chi connectivity index (χ0n) is 21.4. The third-order valence-corrected chi connectivity index (χ3v) is 6.56. The number of pyridine rings is 1. The number of rotatable bonds is 7. The van der Waals surface area contributed by atoms with Gasteiger partial charge < -0.3 is 24.6 Å². The van der Waals surface area contributed by atoms with E-state index < -0.39 is 41.7 Å². The van der Waals surface area contributed by atoms with Gasteiger partial charge in [-0.3, -0.25) is 0 Å². The van der Waals surface area contributed by atoms with Crippen LogP contribution in [0.15, 0.2) is 12.1 Å². The maximum absolute atomic E-state index is 14.8. The number of methoxy groups -OCH3 is 1. The van der Waals surface area contributed by atoms with E-state index in [1.807, 2.05) is 4.90 Å². The van der Waals surface area contributed by atoms with E-state index in [9.17, 15) is 23.8 Å². The molecule has 1 aliphatic rings. The molecular formula is C26H33ClF2N2O5. The third-order valence-electron chi connectivity index (χ3n) is 6.27. The van der Waals surface area contributed by atoms with Crippen LogP contribution in [0.4, 0.5) is 14.5 Å². The van der Waals surface area contributed by atoms with Gasteiger partial charge in [-0.05, 0) is 56.7 Å². The van der Waals surface area contributed by atoms with Crippen LogP contribution in [0.25, 0.3) is 11.1 Å². The Bertz CT molecular complexity index is 1120. The number of carbonyl (C=O) groups is 1. The molecule has 10 heteroatoms. The molecule has 2 N–H and O–H groups in total. The second-order valence-corrected chi connectivity index (χ2v) is 11.1. The van der Waals surface area contributed by atoms with Crippen LogP contribution in [0, 0.1) is 17.0 Å². The lowest BCUT2D eigenvalue weighted by molar-refractivity contribution is -0.160. The topological polar surface area (TPSA) is 92.1 Å². The van der Waals surface area contributed by atoms with E-state index in [2.05, 4.69) is 18.8 Å². The van der Waals surface area contributed by atoms with Crippen LogP contribution in [0.5, 0.6) is 5.75 Å². The fourth-order valence-corrected chi connectivity index (χ4v) is 4.69. The van der Waals surface area contributed by atoms with E-state index in [1.165, 1.54) is 0 Å². The molecule has 7 nitrogen and oxygen atoms in total. The first-order valence-corrected chi connectivity index (χ1v) is 12.1. The summed E-state index contributed by atoms with van der Waals surface area (Å²) in [6.45, 7) is 9.89. The molecule has 0 saturated carbocycles. The minimum absolute atomic E-state index is 0.0555. The van der Waals surface area contributed by atoms with Gasteiger partial charge in [-0.2, -0.15) is 0 Å². The molecule has 0 bridgehead atoms. The van der Waals surface area contributed by atoms with E-state index >= 15 is 0 Å². The van der Waals surface area contributed by atoms with E-state index in [1.54, 1.807) is 20.8 Å². The van der Waals surface area contributed by atoms with E-state index in [0.717, 1.165) is 32.1 Å². The monoisotopic (exact) mass is 526 g/mol. The van der Waals surface area contributed by atoms with E-state index in [4.69, 9.17) is 21.1 Å². The lowest BCUT2D eigenvalue weighted by atomic mass is 9.82. The van der Waals surface area contributed by atoms with Gasteiger partial charge in [-0.1, -0.05) is 25.4 Å². The molecular weight excluding hydrogens is 494 g/mol. The highest BCUT2D eigenvalue weighted by atomic mass is 35.5. The molecule has 1 atom stereocenters. The van der Waals surface area contributed by atoms with Gasteiger partial charge in [0.2, 0.25) is 0 Å². The molecule has 0 amide bonds. The highest BCUT2D eigenvalue weighted by Crippen LogP contribution is 2.47. The summed E-state index contributed by atoms with van der Waals surface area (Å²) in [6.07, 6.45) is 0.0434. The number of ether oxygens (including phenoxy) is 2. The molecule has 2 heterocycles. The number of aliphatic carboxylic acids is 1. The van der Waals surface area contributed by atoms with Gasteiger partial charge in [0.05, 0.1) is 36.3 Å². The van der Waals surface area contributed by atoms with Crippen molar-refractivity contribution in [1.82, 2.24) is 4.98 Å². The zero-order valence-corrected chi connectivity index (χ0v) is 22.2. The Morgan fingerprint density at radius 1 is 1.22 bits per heavy atom. The molecule has 1 fully saturated rings. The lowest BCUT2D eigenvalue weighted by Gasteiger charge is -2.41. The number of nitrogens with zero attached hydrogens (tertiary/aromatic N) is 2. The molecule has 1 aliphatic heterocycles. The number of carboxylic acid groups (broad SMARTS) is 1. The number of carboxylic acids is 1. The van der Waals surface area contributed by atoms with Crippen LogP contribution in [-0.2, 0) is 16.1 Å². The van der Waals surface area contributed by atoms with Gasteiger partial charge >= 0.3 is 5.97 Å². The maximum Gasteiger partial charge on any atom is 0.337 e. The first kappa shape index (κ1) is 28.1. The van der Waals surface area contributed by atoms with Crippen LogP contribution < -0.4 is 9.64 Å². The predicted octanol–water partition coefficient (Wildman–Crippen LogP) is 5.75. The summed E-state index contributed by atoms with van der Waals surface area (Å²) in [5, 5.41) is 20.2. The Labute approximate surface area is 215 Å². The number of piperidine rings is 1. The van der Waals surface area contributed by atoms with Crippen molar-refractivity contribution >= 4 is 23.3 Å². The summed E-state index contributed by atoms with van der Waals surface area (Å²) >= 11 is 6.57. The van der Waals surface area contributed by atoms with Crippen molar-refractivity contribution in [1.29, 1.82) is 0 Å². The molecule has 1 unspecified atom stereocenters.